The number of anilines is 1. The highest BCUT2D eigenvalue weighted by Crippen LogP contribution is 2.20. The molecule has 0 saturated carbocycles. The van der Waals surface area contributed by atoms with Crippen molar-refractivity contribution in [3.8, 4) is 0 Å². The highest BCUT2D eigenvalue weighted by molar-refractivity contribution is 6.36. The molecule has 92 valence electrons. The van der Waals surface area contributed by atoms with Crippen LogP contribution in [0.3, 0.4) is 0 Å². The summed E-state index contributed by atoms with van der Waals surface area (Å²) < 4.78 is 4.97. The van der Waals surface area contributed by atoms with Gasteiger partial charge in [-0.25, -0.2) is 9.59 Å². The highest BCUT2D eigenvalue weighted by Gasteiger charge is 2.12. The highest BCUT2D eigenvalue weighted by atomic mass is 16.4. The largest absolute Gasteiger partial charge is 0.474 e. The zero-order chi connectivity index (χ0) is 13.3. The van der Waals surface area contributed by atoms with Gasteiger partial charge in [-0.15, -0.1) is 0 Å². The minimum absolute atomic E-state index is 0.253. The first kappa shape index (κ1) is 11.8. The first-order valence-electron chi connectivity index (χ1n) is 5.06. The number of carbonyl (C=O) groups is 2. The van der Waals surface area contributed by atoms with Crippen LogP contribution in [0.25, 0.3) is 11.0 Å². The van der Waals surface area contributed by atoms with E-state index in [0.29, 0.717) is 5.58 Å². The van der Waals surface area contributed by atoms with Crippen molar-refractivity contribution in [2.45, 2.75) is 6.92 Å². The van der Waals surface area contributed by atoms with Crippen molar-refractivity contribution in [2.24, 2.45) is 0 Å². The van der Waals surface area contributed by atoms with Crippen LogP contribution in [0.5, 0.6) is 0 Å². The molecule has 0 aliphatic rings. The van der Waals surface area contributed by atoms with Gasteiger partial charge in [0, 0.05) is 23.2 Å². The molecule has 0 fully saturated rings. The van der Waals surface area contributed by atoms with Gasteiger partial charge in [0.2, 0.25) is 0 Å². The Morgan fingerprint density at radius 1 is 1.28 bits per heavy atom. The molecule has 2 N–H and O–H groups in total. The zero-order valence-corrected chi connectivity index (χ0v) is 9.39. The number of carbonyl (C=O) groups excluding carboxylic acids is 1. The fraction of sp³-hybridized carbons (Fsp3) is 0.0833. The van der Waals surface area contributed by atoms with Gasteiger partial charge in [0.15, 0.2) is 0 Å². The van der Waals surface area contributed by atoms with Crippen LogP contribution in [-0.4, -0.2) is 17.0 Å². The summed E-state index contributed by atoms with van der Waals surface area (Å²) in [5.74, 6) is -2.73. The summed E-state index contributed by atoms with van der Waals surface area (Å²) in [5, 5.41) is 11.4. The van der Waals surface area contributed by atoms with E-state index < -0.39 is 17.5 Å². The van der Waals surface area contributed by atoms with Crippen LogP contribution in [0, 0.1) is 6.92 Å². The summed E-state index contributed by atoms with van der Waals surface area (Å²) in [6.07, 6.45) is 0. The second-order valence-electron chi connectivity index (χ2n) is 3.72. The second kappa shape index (κ2) is 4.33. The number of aliphatic carboxylic acids is 1. The predicted octanol–water partition coefficient (Wildman–Crippen LogP) is 1.12. The number of rotatable bonds is 1. The van der Waals surface area contributed by atoms with Crippen molar-refractivity contribution < 1.29 is 19.1 Å². The van der Waals surface area contributed by atoms with Gasteiger partial charge in [-0.2, -0.15) is 0 Å². The van der Waals surface area contributed by atoms with E-state index in [2.05, 4.69) is 5.32 Å². The lowest BCUT2D eigenvalue weighted by Crippen LogP contribution is -2.21. The van der Waals surface area contributed by atoms with Crippen molar-refractivity contribution in [2.75, 3.05) is 5.32 Å². The third-order valence-corrected chi connectivity index (χ3v) is 2.40. The zero-order valence-electron chi connectivity index (χ0n) is 9.39. The standard InChI is InChI=1S/C12H9NO5/c1-6-4-10(14)18-9-5-7(2-3-8(6)9)13-11(15)12(16)17/h2-5H,1H3,(H,13,15)(H,16,17). The first-order chi connectivity index (χ1) is 8.47. The maximum atomic E-state index is 11.2. The summed E-state index contributed by atoms with van der Waals surface area (Å²) in [5.41, 5.74) is 0.797. The van der Waals surface area contributed by atoms with Crippen molar-refractivity contribution in [1.29, 1.82) is 0 Å². The van der Waals surface area contributed by atoms with E-state index in [1.165, 1.54) is 18.2 Å². The van der Waals surface area contributed by atoms with E-state index >= 15 is 0 Å². The number of amides is 1. The lowest BCUT2D eigenvalue weighted by molar-refractivity contribution is -0.147. The first-order valence-corrected chi connectivity index (χ1v) is 5.06. The fourth-order valence-corrected chi connectivity index (χ4v) is 1.59. The van der Waals surface area contributed by atoms with E-state index in [4.69, 9.17) is 9.52 Å². The van der Waals surface area contributed by atoms with Gasteiger partial charge < -0.3 is 14.8 Å². The molecule has 0 spiro atoms. The van der Waals surface area contributed by atoms with Crippen molar-refractivity contribution in [3.05, 3.63) is 40.2 Å². The van der Waals surface area contributed by atoms with E-state index in [-0.39, 0.29) is 5.69 Å². The molecule has 18 heavy (non-hydrogen) atoms. The SMILES string of the molecule is Cc1cc(=O)oc2cc(NC(=O)C(=O)O)ccc12. The number of aryl methyl sites for hydroxylation is 1. The van der Waals surface area contributed by atoms with Crippen LogP contribution in [0.2, 0.25) is 0 Å². The van der Waals surface area contributed by atoms with Crippen LogP contribution in [0.4, 0.5) is 5.69 Å². The molecule has 0 aliphatic carbocycles. The second-order valence-corrected chi connectivity index (χ2v) is 3.72. The fourth-order valence-electron chi connectivity index (χ4n) is 1.59. The molecule has 0 atom stereocenters. The van der Waals surface area contributed by atoms with Crippen LogP contribution in [0.15, 0.2) is 33.5 Å². The summed E-state index contributed by atoms with van der Waals surface area (Å²) >= 11 is 0. The predicted molar refractivity (Wildman–Crippen MR) is 63.5 cm³/mol. The molecule has 1 aromatic carbocycles. The van der Waals surface area contributed by atoms with E-state index in [0.717, 1.165) is 10.9 Å². The molecule has 1 aromatic heterocycles. The normalized spacial score (nSPS) is 10.3. The molecular formula is C12H9NO5. The van der Waals surface area contributed by atoms with E-state index in [1.54, 1.807) is 13.0 Å². The van der Waals surface area contributed by atoms with Crippen LogP contribution >= 0.6 is 0 Å². The van der Waals surface area contributed by atoms with Crippen molar-refractivity contribution in [3.63, 3.8) is 0 Å². The molecule has 6 nitrogen and oxygen atoms in total. The number of fused-ring (bicyclic) bond motifs is 1. The maximum absolute atomic E-state index is 11.2. The number of nitrogens with one attached hydrogen (secondary N) is 1. The molecule has 2 aromatic rings. The van der Waals surface area contributed by atoms with Gasteiger partial charge in [0.1, 0.15) is 5.58 Å². The lowest BCUT2D eigenvalue weighted by atomic mass is 10.1. The average molecular weight is 247 g/mol. The van der Waals surface area contributed by atoms with Gasteiger partial charge in [-0.1, -0.05) is 0 Å². The van der Waals surface area contributed by atoms with Gasteiger partial charge >= 0.3 is 17.5 Å². The van der Waals surface area contributed by atoms with Crippen molar-refractivity contribution >= 4 is 28.5 Å². The lowest BCUT2D eigenvalue weighted by Gasteiger charge is -2.04. The Morgan fingerprint density at radius 3 is 2.67 bits per heavy atom. The molecular weight excluding hydrogens is 238 g/mol. The summed E-state index contributed by atoms with van der Waals surface area (Å²) in [6, 6.07) is 5.95. The quantitative estimate of drug-likeness (QED) is 0.581. The van der Waals surface area contributed by atoms with Gasteiger partial charge in [-0.3, -0.25) is 4.79 Å². The summed E-state index contributed by atoms with van der Waals surface area (Å²) in [6.45, 7) is 1.76. The maximum Gasteiger partial charge on any atom is 0.394 e. The molecule has 0 unspecified atom stereocenters. The minimum Gasteiger partial charge on any atom is -0.474 e. The minimum atomic E-state index is -1.58. The van der Waals surface area contributed by atoms with Crippen LogP contribution in [0.1, 0.15) is 5.56 Å². The van der Waals surface area contributed by atoms with E-state index in [9.17, 15) is 14.4 Å². The Morgan fingerprint density at radius 2 is 2.00 bits per heavy atom. The third-order valence-electron chi connectivity index (χ3n) is 2.40. The molecule has 2 rings (SSSR count). The van der Waals surface area contributed by atoms with Crippen LogP contribution < -0.4 is 10.9 Å². The molecule has 1 heterocycles. The van der Waals surface area contributed by atoms with Gasteiger partial charge in [-0.05, 0) is 24.6 Å². The number of carboxylic acids is 1. The average Bonchev–Trinajstić information content (AvgIpc) is 2.27. The number of carboxylic acid groups (broad SMARTS) is 1. The Bertz CT molecular complexity index is 701. The monoisotopic (exact) mass is 247 g/mol. The molecule has 0 saturated heterocycles. The van der Waals surface area contributed by atoms with Gasteiger partial charge in [0.25, 0.3) is 0 Å². The molecule has 1 amide bonds. The molecule has 0 aliphatic heterocycles. The Kier molecular flexibility index (Phi) is 2.85. The Balaban J connectivity index is 2.47. The number of hydrogen-bond donors (Lipinski definition) is 2. The Hall–Kier alpha value is -2.63. The smallest absolute Gasteiger partial charge is 0.394 e. The number of hydrogen-bond acceptors (Lipinski definition) is 4. The van der Waals surface area contributed by atoms with E-state index in [1.807, 2.05) is 0 Å². The van der Waals surface area contributed by atoms with Gasteiger partial charge in [0.05, 0.1) is 0 Å². The molecule has 0 radical (unpaired) electrons. The third kappa shape index (κ3) is 2.22. The summed E-state index contributed by atoms with van der Waals surface area (Å²) in [7, 11) is 0. The Labute approximate surface area is 101 Å². The van der Waals surface area contributed by atoms with Crippen LogP contribution in [-0.2, 0) is 9.59 Å². The summed E-state index contributed by atoms with van der Waals surface area (Å²) in [4.78, 5) is 32.6. The molecule has 6 heteroatoms. The topological polar surface area (TPSA) is 96.6 Å². The van der Waals surface area contributed by atoms with Crippen molar-refractivity contribution in [1.82, 2.24) is 0 Å². The molecule has 0 bridgehead atoms. The number of benzene rings is 1.